The summed E-state index contributed by atoms with van der Waals surface area (Å²) in [6, 6.07) is 19.4. The van der Waals surface area contributed by atoms with Crippen molar-refractivity contribution in [3.05, 3.63) is 112 Å². The van der Waals surface area contributed by atoms with Gasteiger partial charge >= 0.3 is 12.8 Å². The number of hydrogen-bond acceptors (Lipinski definition) is 6. The number of aryl methyl sites for hydroxylation is 1. The maximum absolute atomic E-state index is 13.5. The Hall–Kier alpha value is -5.21. The van der Waals surface area contributed by atoms with Crippen LogP contribution in [0.2, 0.25) is 5.02 Å². The third kappa shape index (κ3) is 8.07. The summed E-state index contributed by atoms with van der Waals surface area (Å²) in [7, 11) is 3.26. The number of fused-ring (bicyclic) bond motifs is 1. The van der Waals surface area contributed by atoms with Crippen LogP contribution in [0.3, 0.4) is 0 Å². The van der Waals surface area contributed by atoms with Gasteiger partial charge in [-0.25, -0.2) is 4.98 Å². The molecule has 6 rings (SSSR count). The number of halogens is 6. The van der Waals surface area contributed by atoms with Crippen molar-refractivity contribution in [2.45, 2.75) is 19.3 Å². The van der Waals surface area contributed by atoms with Gasteiger partial charge in [0.05, 0.1) is 33.6 Å². The van der Waals surface area contributed by atoms with Gasteiger partial charge in [0.15, 0.2) is 0 Å². The van der Waals surface area contributed by atoms with Crippen LogP contribution in [0.5, 0.6) is 17.4 Å². The van der Waals surface area contributed by atoms with Crippen LogP contribution >= 0.6 is 11.6 Å². The Labute approximate surface area is 294 Å². The number of carbonyl (C=O) groups excluding carboxylic acids is 2. The molecule has 1 saturated heterocycles. The third-order valence-corrected chi connectivity index (χ3v) is 8.92. The number of piperazine rings is 1. The van der Waals surface area contributed by atoms with Crippen LogP contribution in [0.15, 0.2) is 85.1 Å². The molecule has 266 valence electrons. The second kappa shape index (κ2) is 14.6. The molecule has 15 heteroatoms. The van der Waals surface area contributed by atoms with E-state index in [2.05, 4.69) is 14.6 Å². The smallest absolute Gasteiger partial charge is 0.416 e. The minimum absolute atomic E-state index is 0.0888. The summed E-state index contributed by atoms with van der Waals surface area (Å²) in [6.07, 6.45) is -3.19. The highest BCUT2D eigenvalue weighted by atomic mass is 35.5. The number of anilines is 1. The minimum atomic E-state index is -4.59. The van der Waals surface area contributed by atoms with Gasteiger partial charge in [-0.3, -0.25) is 14.5 Å². The first-order chi connectivity index (χ1) is 24.3. The molecule has 0 N–H and O–H groups in total. The van der Waals surface area contributed by atoms with Crippen molar-refractivity contribution in [2.75, 3.05) is 38.1 Å². The Morgan fingerprint density at radius 2 is 1.63 bits per heavy atom. The maximum Gasteiger partial charge on any atom is 0.416 e. The Morgan fingerprint density at radius 1 is 0.922 bits per heavy atom. The van der Waals surface area contributed by atoms with Gasteiger partial charge < -0.3 is 23.8 Å². The summed E-state index contributed by atoms with van der Waals surface area (Å²) in [5.41, 5.74) is 1.57. The van der Waals surface area contributed by atoms with Gasteiger partial charge in [0, 0.05) is 64.3 Å². The molecule has 0 spiro atoms. The fourth-order valence-corrected chi connectivity index (χ4v) is 6.06. The third-order valence-electron chi connectivity index (χ3n) is 8.61. The van der Waals surface area contributed by atoms with Crippen molar-refractivity contribution in [1.29, 1.82) is 0 Å². The molecule has 3 aromatic carbocycles. The normalized spacial score (nSPS) is 13.9. The van der Waals surface area contributed by atoms with Crippen LogP contribution in [0.4, 0.5) is 27.6 Å². The number of amides is 2. The van der Waals surface area contributed by atoms with Crippen LogP contribution in [0.25, 0.3) is 10.9 Å². The molecule has 1 aliphatic rings. The van der Waals surface area contributed by atoms with Gasteiger partial charge in [-0.1, -0.05) is 23.7 Å². The molecule has 0 aliphatic carbocycles. The van der Waals surface area contributed by atoms with Crippen LogP contribution in [-0.2, 0) is 19.8 Å². The predicted octanol–water partition coefficient (Wildman–Crippen LogP) is 7.87. The number of aromatic nitrogens is 2. The van der Waals surface area contributed by atoms with E-state index in [1.807, 2.05) is 16.7 Å². The summed E-state index contributed by atoms with van der Waals surface area (Å²) >= 11 is 6.01. The second-order valence-corrected chi connectivity index (χ2v) is 12.3. The maximum atomic E-state index is 13.5. The van der Waals surface area contributed by atoms with Crippen LogP contribution in [-0.4, -0.2) is 71.0 Å². The van der Waals surface area contributed by atoms with E-state index >= 15 is 0 Å². The number of hydrogen-bond donors (Lipinski definition) is 0. The molecule has 0 radical (unpaired) electrons. The zero-order valence-corrected chi connectivity index (χ0v) is 28.1. The van der Waals surface area contributed by atoms with E-state index in [9.17, 15) is 31.5 Å². The largest absolute Gasteiger partial charge is 0.439 e. The lowest BCUT2D eigenvalue weighted by Crippen LogP contribution is -2.48. The Kier molecular flexibility index (Phi) is 10.2. The van der Waals surface area contributed by atoms with Gasteiger partial charge in [-0.2, -0.15) is 22.0 Å². The zero-order chi connectivity index (χ0) is 36.4. The van der Waals surface area contributed by atoms with Crippen LogP contribution in [0.1, 0.15) is 32.0 Å². The lowest BCUT2D eigenvalue weighted by atomic mass is 10.1. The number of rotatable bonds is 9. The van der Waals surface area contributed by atoms with Crippen molar-refractivity contribution in [3.8, 4) is 17.4 Å². The lowest BCUT2D eigenvalue weighted by molar-refractivity contribution is -0.137. The van der Waals surface area contributed by atoms with E-state index in [4.69, 9.17) is 16.3 Å². The molecule has 1 fully saturated rings. The number of pyridine rings is 1. The first kappa shape index (κ1) is 35.6. The molecule has 0 bridgehead atoms. The molecule has 9 nitrogen and oxygen atoms in total. The van der Waals surface area contributed by atoms with Gasteiger partial charge in [-0.05, 0) is 60.2 Å². The van der Waals surface area contributed by atoms with E-state index < -0.39 is 24.3 Å². The molecule has 0 atom stereocenters. The van der Waals surface area contributed by atoms with Crippen molar-refractivity contribution >= 4 is 40.0 Å². The zero-order valence-electron chi connectivity index (χ0n) is 27.3. The highest BCUT2D eigenvalue weighted by Crippen LogP contribution is 2.33. The quantitative estimate of drug-likeness (QED) is 0.144. The number of alkyl halides is 5. The van der Waals surface area contributed by atoms with E-state index in [1.54, 1.807) is 48.3 Å². The summed E-state index contributed by atoms with van der Waals surface area (Å²) in [6.45, 7) is 0.119. The van der Waals surface area contributed by atoms with Crippen molar-refractivity contribution in [3.63, 3.8) is 0 Å². The SMILES string of the molecule is CN(C(=O)c1ccc(C(F)(F)F)cc1Cl)c1ccc(Oc2ccc3cc(C(=O)N4CCN(Cc5ccc(OC(F)F)cc5)CC4)n(C)c3c2)nc1. The fourth-order valence-electron chi connectivity index (χ4n) is 5.80. The average Bonchev–Trinajstić information content (AvgIpc) is 3.43. The Morgan fingerprint density at radius 3 is 2.25 bits per heavy atom. The molecule has 1 aliphatic heterocycles. The molecular weight excluding hydrogens is 697 g/mol. The lowest BCUT2D eigenvalue weighted by Gasteiger charge is -2.34. The van der Waals surface area contributed by atoms with Crippen LogP contribution < -0.4 is 14.4 Å². The van der Waals surface area contributed by atoms with E-state index in [0.29, 0.717) is 55.9 Å². The first-order valence-corrected chi connectivity index (χ1v) is 16.1. The van der Waals surface area contributed by atoms with Crippen molar-refractivity contribution in [1.82, 2.24) is 19.4 Å². The number of benzene rings is 3. The predicted molar refractivity (Wildman–Crippen MR) is 181 cm³/mol. The monoisotopic (exact) mass is 727 g/mol. The molecule has 2 amide bonds. The number of carbonyl (C=O) groups is 2. The minimum Gasteiger partial charge on any atom is -0.439 e. The van der Waals surface area contributed by atoms with Gasteiger partial charge in [0.2, 0.25) is 5.88 Å². The second-order valence-electron chi connectivity index (χ2n) is 11.9. The number of nitrogens with zero attached hydrogens (tertiary/aromatic N) is 5. The Balaban J connectivity index is 1.06. The molecule has 2 aromatic heterocycles. The number of ether oxygens (including phenoxy) is 2. The summed E-state index contributed by atoms with van der Waals surface area (Å²) in [5.74, 6) is 0.0893. The van der Waals surface area contributed by atoms with E-state index in [-0.39, 0.29) is 28.1 Å². The molecule has 5 aromatic rings. The first-order valence-electron chi connectivity index (χ1n) is 15.7. The van der Waals surface area contributed by atoms with E-state index in [0.717, 1.165) is 28.6 Å². The molecule has 0 unspecified atom stereocenters. The molecular formula is C36H31ClF5N5O4. The summed E-state index contributed by atoms with van der Waals surface area (Å²) < 4.78 is 76.0. The average molecular weight is 728 g/mol. The van der Waals surface area contributed by atoms with Gasteiger partial charge in [-0.15, -0.1) is 0 Å². The van der Waals surface area contributed by atoms with Gasteiger partial charge in [0.25, 0.3) is 11.8 Å². The Bertz CT molecular complexity index is 2050. The van der Waals surface area contributed by atoms with Crippen molar-refractivity contribution in [2.24, 2.45) is 7.05 Å². The van der Waals surface area contributed by atoms with Gasteiger partial charge in [0.1, 0.15) is 17.2 Å². The molecule has 0 saturated carbocycles. The van der Waals surface area contributed by atoms with E-state index in [1.165, 1.54) is 30.3 Å². The van der Waals surface area contributed by atoms with Crippen molar-refractivity contribution < 1.29 is 41.0 Å². The summed E-state index contributed by atoms with van der Waals surface area (Å²) in [4.78, 5) is 36.0. The molecule has 51 heavy (non-hydrogen) atoms. The molecule has 3 heterocycles. The standard InChI is InChI=1S/C36H31ClF5N5O4/c1-44(33(48)28-11-6-24(18-29(28)37)36(40,41)42)25-7-12-32(43-20-25)50-27-10-5-23-17-31(45(2)30(23)19-27)34(49)47-15-13-46(14-16-47)21-22-3-8-26(9-4-22)51-35(38)39/h3-12,17-20,35H,13-16,21H2,1-2H3. The topological polar surface area (TPSA) is 80.1 Å². The van der Waals surface area contributed by atoms with Crippen LogP contribution in [0, 0.1) is 0 Å². The highest BCUT2D eigenvalue weighted by Gasteiger charge is 2.32. The highest BCUT2D eigenvalue weighted by molar-refractivity contribution is 6.34. The summed E-state index contributed by atoms with van der Waals surface area (Å²) in [5, 5.41) is 0.526. The fraction of sp³-hybridized carbons (Fsp3) is 0.250.